The second-order valence-electron chi connectivity index (χ2n) is 6.50. The average molecular weight is 365 g/mol. The van der Waals surface area contributed by atoms with Crippen LogP contribution in [-0.4, -0.2) is 22.4 Å². The van der Waals surface area contributed by atoms with Gasteiger partial charge in [0.15, 0.2) is 0 Å². The zero-order chi connectivity index (χ0) is 16.6. The number of amides is 2. The highest BCUT2D eigenvalue weighted by atomic mass is 35.5. The number of hydrogen-bond donors (Lipinski definition) is 2. The molecule has 0 radical (unpaired) electrons. The first-order valence-electron chi connectivity index (χ1n) is 7.29. The molecule has 0 spiro atoms. The Labute approximate surface area is 140 Å². The quantitative estimate of drug-likeness (QED) is 0.734. The Morgan fingerprint density at radius 2 is 1.87 bits per heavy atom. The molecule has 4 rings (SSSR count). The van der Waals surface area contributed by atoms with E-state index in [4.69, 9.17) is 23.2 Å². The maximum atomic E-state index is 13.0. The second kappa shape index (κ2) is 4.48. The molecule has 3 fully saturated rings. The number of carbonyl (C=O) groups excluding carboxylic acids is 1. The van der Waals surface area contributed by atoms with E-state index in [2.05, 4.69) is 10.6 Å². The topological polar surface area (TPSA) is 41.1 Å². The van der Waals surface area contributed by atoms with Crippen LogP contribution >= 0.6 is 23.2 Å². The van der Waals surface area contributed by atoms with Gasteiger partial charge >= 0.3 is 12.2 Å². The summed E-state index contributed by atoms with van der Waals surface area (Å²) in [6, 6.07) is 4.67. The van der Waals surface area contributed by atoms with Crippen LogP contribution in [0.3, 0.4) is 0 Å². The van der Waals surface area contributed by atoms with Gasteiger partial charge in [-0.1, -0.05) is 18.2 Å². The van der Waals surface area contributed by atoms with Crippen LogP contribution in [0.1, 0.15) is 24.0 Å². The van der Waals surface area contributed by atoms with Gasteiger partial charge in [0.25, 0.3) is 0 Å². The number of fused-ring (bicyclic) bond motifs is 2. The highest BCUT2D eigenvalue weighted by Crippen LogP contribution is 2.75. The van der Waals surface area contributed by atoms with E-state index in [1.165, 1.54) is 6.07 Å². The van der Waals surface area contributed by atoms with Crippen molar-refractivity contribution in [3.63, 3.8) is 0 Å². The van der Waals surface area contributed by atoms with E-state index in [0.717, 1.165) is 12.1 Å². The normalized spacial score (nSPS) is 37.4. The lowest BCUT2D eigenvalue weighted by atomic mass is 9.78. The molecule has 0 bridgehead atoms. The highest BCUT2D eigenvalue weighted by Gasteiger charge is 2.79. The molecule has 2 saturated carbocycles. The first kappa shape index (κ1) is 15.4. The van der Waals surface area contributed by atoms with Gasteiger partial charge in [-0.3, -0.25) is 0 Å². The fourth-order valence-corrected chi connectivity index (χ4v) is 5.32. The molecule has 124 valence electrons. The molecule has 1 heterocycles. The maximum absolute atomic E-state index is 13.0. The molecule has 1 saturated heterocycles. The maximum Gasteiger partial charge on any atom is 0.416 e. The van der Waals surface area contributed by atoms with Crippen LogP contribution in [0.15, 0.2) is 24.3 Å². The van der Waals surface area contributed by atoms with Crippen molar-refractivity contribution in [1.29, 1.82) is 0 Å². The molecular formula is C15H13Cl2F3N2O. The summed E-state index contributed by atoms with van der Waals surface area (Å²) in [5, 5.41) is 5.61. The minimum absolute atomic E-state index is 0.0780. The van der Waals surface area contributed by atoms with Gasteiger partial charge in [-0.15, -0.1) is 23.2 Å². The van der Waals surface area contributed by atoms with E-state index >= 15 is 0 Å². The average Bonchev–Trinajstić information content (AvgIpc) is 2.76. The van der Waals surface area contributed by atoms with Gasteiger partial charge in [-0.05, 0) is 24.5 Å². The molecule has 1 aromatic carbocycles. The van der Waals surface area contributed by atoms with Crippen molar-refractivity contribution in [2.45, 2.75) is 40.8 Å². The highest BCUT2D eigenvalue weighted by molar-refractivity contribution is 6.52. The summed E-state index contributed by atoms with van der Waals surface area (Å²) in [6.07, 6.45) is -3.44. The van der Waals surface area contributed by atoms with Gasteiger partial charge in [0, 0.05) is 11.3 Å². The lowest BCUT2D eigenvalue weighted by Crippen LogP contribution is -2.42. The van der Waals surface area contributed by atoms with E-state index in [9.17, 15) is 18.0 Å². The predicted molar refractivity (Wildman–Crippen MR) is 79.5 cm³/mol. The van der Waals surface area contributed by atoms with Gasteiger partial charge in [-0.25, -0.2) is 4.79 Å². The Kier molecular flexibility index (Phi) is 3.00. The Bertz CT molecular complexity index is 694. The molecule has 3 aliphatic rings. The molecule has 1 aromatic rings. The lowest BCUT2D eigenvalue weighted by molar-refractivity contribution is -0.137. The zero-order valence-corrected chi connectivity index (χ0v) is 13.3. The van der Waals surface area contributed by atoms with E-state index in [1.54, 1.807) is 6.07 Å². The number of halogens is 5. The summed E-state index contributed by atoms with van der Waals surface area (Å²) in [4.78, 5) is 11.5. The van der Waals surface area contributed by atoms with Crippen molar-refractivity contribution in [3.8, 4) is 0 Å². The van der Waals surface area contributed by atoms with E-state index in [-0.39, 0.29) is 24.0 Å². The molecule has 3 nitrogen and oxygen atoms in total. The van der Waals surface area contributed by atoms with E-state index in [0.29, 0.717) is 18.4 Å². The first-order valence-corrected chi connectivity index (χ1v) is 8.04. The van der Waals surface area contributed by atoms with Gasteiger partial charge < -0.3 is 10.6 Å². The van der Waals surface area contributed by atoms with Gasteiger partial charge in [-0.2, -0.15) is 13.2 Å². The number of nitrogens with one attached hydrogen (secondary N) is 2. The Balaban J connectivity index is 1.74. The number of benzene rings is 1. The minimum Gasteiger partial charge on any atom is -0.333 e. The van der Waals surface area contributed by atoms with Crippen molar-refractivity contribution >= 4 is 29.2 Å². The SMILES string of the molecule is O=C1N[C@H]2CC3C(Cl)(Cl)[C@@]3(c3cccc(C(F)(F)F)c3)C[C@@H]2N1. The third kappa shape index (κ3) is 2.00. The van der Waals surface area contributed by atoms with Crippen molar-refractivity contribution in [2.24, 2.45) is 5.92 Å². The van der Waals surface area contributed by atoms with Crippen LogP contribution in [0.25, 0.3) is 0 Å². The largest absolute Gasteiger partial charge is 0.416 e. The number of urea groups is 1. The number of carbonyl (C=O) groups is 1. The van der Waals surface area contributed by atoms with Crippen LogP contribution in [0, 0.1) is 5.92 Å². The molecule has 4 atom stereocenters. The van der Waals surface area contributed by atoms with Crippen LogP contribution in [0.2, 0.25) is 0 Å². The zero-order valence-electron chi connectivity index (χ0n) is 11.8. The van der Waals surface area contributed by atoms with Crippen LogP contribution in [0.5, 0.6) is 0 Å². The van der Waals surface area contributed by atoms with Gasteiger partial charge in [0.2, 0.25) is 0 Å². The molecule has 1 aliphatic heterocycles. The fourth-order valence-electron chi connectivity index (χ4n) is 4.24. The monoisotopic (exact) mass is 364 g/mol. The smallest absolute Gasteiger partial charge is 0.333 e. The van der Waals surface area contributed by atoms with Gasteiger partial charge in [0.05, 0.1) is 17.6 Å². The van der Waals surface area contributed by atoms with Crippen molar-refractivity contribution in [2.75, 3.05) is 0 Å². The summed E-state index contributed by atoms with van der Waals surface area (Å²) in [5.41, 5.74) is -0.977. The predicted octanol–water partition coefficient (Wildman–Crippen LogP) is 3.59. The standard InChI is InChI=1S/C15H13Cl2F3N2O/c16-14(17)11-5-9-10(22-12(23)21-9)6-13(11,14)7-2-1-3-8(4-7)15(18,19)20/h1-4,9-11H,5-6H2,(H2,21,22,23)/t9-,10-,11?,13+/m0/s1. The van der Waals surface area contributed by atoms with Crippen molar-refractivity contribution in [1.82, 2.24) is 10.6 Å². The summed E-state index contributed by atoms with van der Waals surface area (Å²) in [6.45, 7) is 0. The molecule has 2 amide bonds. The number of rotatable bonds is 1. The van der Waals surface area contributed by atoms with Crippen LogP contribution in [0.4, 0.5) is 18.0 Å². The summed E-state index contributed by atoms with van der Waals surface area (Å²) in [7, 11) is 0. The second-order valence-corrected chi connectivity index (χ2v) is 7.88. The third-order valence-corrected chi connectivity index (χ3v) is 6.60. The van der Waals surface area contributed by atoms with Crippen LogP contribution in [-0.2, 0) is 11.6 Å². The molecule has 0 aromatic heterocycles. The molecule has 2 aliphatic carbocycles. The van der Waals surface area contributed by atoms with E-state index < -0.39 is 21.5 Å². The summed E-state index contributed by atoms with van der Waals surface area (Å²) < 4.78 is 37.9. The molecular weight excluding hydrogens is 352 g/mol. The van der Waals surface area contributed by atoms with Crippen molar-refractivity contribution < 1.29 is 18.0 Å². The van der Waals surface area contributed by atoms with Crippen molar-refractivity contribution in [3.05, 3.63) is 35.4 Å². The molecule has 8 heteroatoms. The first-order chi connectivity index (χ1) is 10.7. The third-order valence-electron chi connectivity index (χ3n) is 5.40. The van der Waals surface area contributed by atoms with Gasteiger partial charge in [0.1, 0.15) is 4.33 Å². The minimum atomic E-state index is -4.42. The number of hydrogen-bond acceptors (Lipinski definition) is 1. The van der Waals surface area contributed by atoms with E-state index in [1.807, 2.05) is 0 Å². The fraction of sp³-hybridized carbons (Fsp3) is 0.533. The Hall–Kier alpha value is -1.14. The Morgan fingerprint density at radius 1 is 1.17 bits per heavy atom. The summed E-state index contributed by atoms with van der Waals surface area (Å²) in [5.74, 6) is -0.178. The van der Waals surface area contributed by atoms with Crippen LogP contribution < -0.4 is 10.6 Å². The number of alkyl halides is 5. The molecule has 23 heavy (non-hydrogen) atoms. The molecule has 2 N–H and O–H groups in total. The lowest BCUT2D eigenvalue weighted by Gasteiger charge is -2.30. The molecule has 1 unspecified atom stereocenters. The summed E-state index contributed by atoms with van der Waals surface area (Å²) >= 11 is 12.9. The Morgan fingerprint density at radius 3 is 2.57 bits per heavy atom.